The summed E-state index contributed by atoms with van der Waals surface area (Å²) in [6.45, 7) is 5.28. The van der Waals surface area contributed by atoms with Crippen molar-refractivity contribution < 1.29 is 0 Å². The molecule has 0 saturated carbocycles. The van der Waals surface area contributed by atoms with E-state index in [4.69, 9.17) is 0 Å². The summed E-state index contributed by atoms with van der Waals surface area (Å²) in [5.41, 5.74) is 1.10. The predicted octanol–water partition coefficient (Wildman–Crippen LogP) is 1.75. The SMILES string of the molecule is CNc1cc(C(C)C)nc(CCN(C)C)n1. The fraction of sp³-hybridized carbons (Fsp3) is 0.667. The van der Waals surface area contributed by atoms with Gasteiger partial charge in [0.1, 0.15) is 11.6 Å². The summed E-state index contributed by atoms with van der Waals surface area (Å²) in [7, 11) is 6.01. The van der Waals surface area contributed by atoms with E-state index in [9.17, 15) is 0 Å². The third-order valence-electron chi connectivity index (χ3n) is 2.42. The average Bonchev–Trinajstić information content (AvgIpc) is 2.25. The minimum absolute atomic E-state index is 0.438. The fourth-order valence-electron chi connectivity index (χ4n) is 1.38. The number of hydrogen-bond donors (Lipinski definition) is 1. The number of nitrogens with zero attached hydrogens (tertiary/aromatic N) is 3. The smallest absolute Gasteiger partial charge is 0.132 e. The maximum atomic E-state index is 4.58. The van der Waals surface area contributed by atoms with Crippen molar-refractivity contribution in [3.05, 3.63) is 17.6 Å². The molecule has 0 spiro atoms. The zero-order valence-corrected chi connectivity index (χ0v) is 10.9. The van der Waals surface area contributed by atoms with Gasteiger partial charge in [-0.3, -0.25) is 0 Å². The van der Waals surface area contributed by atoms with E-state index < -0.39 is 0 Å². The van der Waals surface area contributed by atoms with Crippen molar-refractivity contribution in [2.24, 2.45) is 0 Å². The van der Waals surface area contributed by atoms with E-state index in [1.807, 2.05) is 13.1 Å². The Balaban J connectivity index is 2.86. The van der Waals surface area contributed by atoms with E-state index >= 15 is 0 Å². The van der Waals surface area contributed by atoms with Crippen LogP contribution in [0.3, 0.4) is 0 Å². The van der Waals surface area contributed by atoms with Crippen molar-refractivity contribution >= 4 is 5.82 Å². The third-order valence-corrected chi connectivity index (χ3v) is 2.42. The van der Waals surface area contributed by atoms with Crippen LogP contribution in [0.1, 0.15) is 31.3 Å². The van der Waals surface area contributed by atoms with Gasteiger partial charge in [-0.15, -0.1) is 0 Å². The second-order valence-electron chi connectivity index (χ2n) is 4.55. The Morgan fingerprint density at radius 1 is 1.31 bits per heavy atom. The molecule has 0 fully saturated rings. The molecular weight excluding hydrogens is 200 g/mol. The van der Waals surface area contributed by atoms with Crippen molar-refractivity contribution in [2.45, 2.75) is 26.2 Å². The highest BCUT2D eigenvalue weighted by molar-refractivity contribution is 5.36. The Hall–Kier alpha value is -1.16. The predicted molar refractivity (Wildman–Crippen MR) is 67.9 cm³/mol. The Bertz CT molecular complexity index is 334. The molecule has 0 unspecified atom stereocenters. The van der Waals surface area contributed by atoms with Crippen LogP contribution in [0.5, 0.6) is 0 Å². The standard InChI is InChI=1S/C12H22N4/c1-9(2)10-8-12(13-3)15-11(14-10)6-7-16(4)5/h8-9H,6-7H2,1-5H3,(H,13,14,15). The van der Waals surface area contributed by atoms with Gasteiger partial charge in [-0.1, -0.05) is 13.8 Å². The molecule has 0 atom stereocenters. The number of anilines is 1. The Labute approximate surface area is 98.1 Å². The van der Waals surface area contributed by atoms with Crippen molar-refractivity contribution in [2.75, 3.05) is 33.0 Å². The second-order valence-corrected chi connectivity index (χ2v) is 4.55. The molecule has 16 heavy (non-hydrogen) atoms. The van der Waals surface area contributed by atoms with Gasteiger partial charge in [0.2, 0.25) is 0 Å². The lowest BCUT2D eigenvalue weighted by molar-refractivity contribution is 0.409. The molecule has 1 rings (SSSR count). The van der Waals surface area contributed by atoms with Gasteiger partial charge in [-0.2, -0.15) is 0 Å². The van der Waals surface area contributed by atoms with E-state index in [2.05, 4.69) is 48.1 Å². The van der Waals surface area contributed by atoms with Crippen LogP contribution in [0.15, 0.2) is 6.07 Å². The quantitative estimate of drug-likeness (QED) is 0.824. The number of aromatic nitrogens is 2. The van der Waals surface area contributed by atoms with Crippen LogP contribution in [0, 0.1) is 0 Å². The molecule has 4 nitrogen and oxygen atoms in total. The van der Waals surface area contributed by atoms with Gasteiger partial charge < -0.3 is 10.2 Å². The van der Waals surface area contributed by atoms with Crippen LogP contribution in [-0.4, -0.2) is 42.6 Å². The number of rotatable bonds is 5. The molecule has 0 amide bonds. The molecule has 0 bridgehead atoms. The first-order valence-corrected chi connectivity index (χ1v) is 5.73. The van der Waals surface area contributed by atoms with Crippen LogP contribution in [0.2, 0.25) is 0 Å². The average molecular weight is 222 g/mol. The summed E-state index contributed by atoms with van der Waals surface area (Å²) in [5.74, 6) is 2.27. The van der Waals surface area contributed by atoms with Gasteiger partial charge in [0, 0.05) is 31.8 Å². The molecule has 0 aliphatic carbocycles. The van der Waals surface area contributed by atoms with Crippen molar-refractivity contribution in [3.63, 3.8) is 0 Å². The summed E-state index contributed by atoms with van der Waals surface area (Å²) < 4.78 is 0. The van der Waals surface area contributed by atoms with Crippen LogP contribution >= 0.6 is 0 Å². The molecule has 1 aromatic rings. The molecule has 0 aliphatic heterocycles. The molecule has 1 heterocycles. The highest BCUT2D eigenvalue weighted by atomic mass is 15.1. The monoisotopic (exact) mass is 222 g/mol. The highest BCUT2D eigenvalue weighted by Gasteiger charge is 2.07. The van der Waals surface area contributed by atoms with Gasteiger partial charge in [0.05, 0.1) is 0 Å². The van der Waals surface area contributed by atoms with E-state index in [0.29, 0.717) is 5.92 Å². The number of likely N-dealkylation sites (N-methyl/N-ethyl adjacent to an activating group) is 1. The minimum atomic E-state index is 0.438. The maximum Gasteiger partial charge on any atom is 0.132 e. The molecule has 0 aliphatic rings. The molecular formula is C12H22N4. The topological polar surface area (TPSA) is 41.1 Å². The zero-order valence-electron chi connectivity index (χ0n) is 10.9. The third kappa shape index (κ3) is 3.77. The summed E-state index contributed by atoms with van der Waals surface area (Å²) in [6.07, 6.45) is 0.891. The van der Waals surface area contributed by atoms with Crippen molar-refractivity contribution in [1.29, 1.82) is 0 Å². The lowest BCUT2D eigenvalue weighted by Gasteiger charge is -2.12. The lowest BCUT2D eigenvalue weighted by atomic mass is 10.1. The second kappa shape index (κ2) is 5.80. The Kier molecular flexibility index (Phi) is 4.68. The molecule has 0 aromatic carbocycles. The summed E-state index contributed by atoms with van der Waals surface area (Å²) in [6, 6.07) is 2.02. The largest absolute Gasteiger partial charge is 0.373 e. The van der Waals surface area contributed by atoms with Gasteiger partial charge in [-0.25, -0.2) is 9.97 Å². The lowest BCUT2D eigenvalue weighted by Crippen LogP contribution is -2.17. The fourth-order valence-corrected chi connectivity index (χ4v) is 1.38. The summed E-state index contributed by atoms with van der Waals surface area (Å²) in [4.78, 5) is 11.2. The van der Waals surface area contributed by atoms with Crippen LogP contribution in [0.4, 0.5) is 5.82 Å². The minimum Gasteiger partial charge on any atom is -0.373 e. The first kappa shape index (κ1) is 12.9. The number of nitrogens with one attached hydrogen (secondary N) is 1. The molecule has 0 radical (unpaired) electrons. The van der Waals surface area contributed by atoms with Gasteiger partial charge in [0.15, 0.2) is 0 Å². The van der Waals surface area contributed by atoms with Crippen LogP contribution in [0.25, 0.3) is 0 Å². The van der Waals surface area contributed by atoms with Crippen LogP contribution < -0.4 is 5.32 Å². The molecule has 0 saturated heterocycles. The maximum absolute atomic E-state index is 4.58. The molecule has 4 heteroatoms. The van der Waals surface area contributed by atoms with E-state index in [1.54, 1.807) is 0 Å². The van der Waals surface area contributed by atoms with E-state index in [0.717, 1.165) is 30.3 Å². The Morgan fingerprint density at radius 2 is 2.00 bits per heavy atom. The van der Waals surface area contributed by atoms with E-state index in [-0.39, 0.29) is 0 Å². The number of hydrogen-bond acceptors (Lipinski definition) is 4. The molecule has 90 valence electrons. The first-order chi connectivity index (χ1) is 7.52. The van der Waals surface area contributed by atoms with Crippen LogP contribution in [-0.2, 0) is 6.42 Å². The molecule has 1 N–H and O–H groups in total. The first-order valence-electron chi connectivity index (χ1n) is 5.73. The van der Waals surface area contributed by atoms with Gasteiger partial charge >= 0.3 is 0 Å². The van der Waals surface area contributed by atoms with Crippen molar-refractivity contribution in [1.82, 2.24) is 14.9 Å². The molecule has 1 aromatic heterocycles. The van der Waals surface area contributed by atoms with Gasteiger partial charge in [0.25, 0.3) is 0 Å². The van der Waals surface area contributed by atoms with Crippen molar-refractivity contribution in [3.8, 4) is 0 Å². The summed E-state index contributed by atoms with van der Waals surface area (Å²) >= 11 is 0. The zero-order chi connectivity index (χ0) is 12.1. The van der Waals surface area contributed by atoms with Gasteiger partial charge in [-0.05, 0) is 20.0 Å². The normalized spacial score (nSPS) is 11.2. The highest BCUT2D eigenvalue weighted by Crippen LogP contribution is 2.15. The van der Waals surface area contributed by atoms with E-state index in [1.165, 1.54) is 0 Å². The summed E-state index contributed by atoms with van der Waals surface area (Å²) in [5, 5.41) is 3.09. The Morgan fingerprint density at radius 3 is 2.50 bits per heavy atom.